The minimum Gasteiger partial charge on any atom is -0.399 e. The number of rotatable bonds is 5. The van der Waals surface area contributed by atoms with Crippen molar-refractivity contribution in [1.29, 1.82) is 0 Å². The average molecular weight is 272 g/mol. The molecule has 106 valence electrons. The second kappa shape index (κ2) is 6.53. The fraction of sp³-hybridized carbons (Fsp3) is 0.294. The summed E-state index contributed by atoms with van der Waals surface area (Å²) in [5.74, 6) is -0.175. The van der Waals surface area contributed by atoms with Gasteiger partial charge in [0.05, 0.1) is 0 Å². The van der Waals surface area contributed by atoms with E-state index in [1.165, 1.54) is 11.6 Å². The molecule has 0 aliphatic heterocycles. The zero-order valence-corrected chi connectivity index (χ0v) is 12.1. The van der Waals surface area contributed by atoms with Crippen LogP contribution in [0.15, 0.2) is 42.5 Å². The van der Waals surface area contributed by atoms with E-state index in [-0.39, 0.29) is 5.82 Å². The first kappa shape index (κ1) is 14.5. The summed E-state index contributed by atoms with van der Waals surface area (Å²) < 4.78 is 13.3. The third-order valence-corrected chi connectivity index (χ3v) is 3.51. The number of nitrogens with zero attached hydrogens (tertiary/aromatic N) is 1. The molecule has 0 aliphatic rings. The summed E-state index contributed by atoms with van der Waals surface area (Å²) in [4.78, 5) is 2.27. The summed E-state index contributed by atoms with van der Waals surface area (Å²) in [6.45, 7) is 6.60. The number of halogens is 1. The summed E-state index contributed by atoms with van der Waals surface area (Å²) in [6, 6.07) is 12.9. The fourth-order valence-corrected chi connectivity index (χ4v) is 2.28. The van der Waals surface area contributed by atoms with E-state index in [4.69, 9.17) is 5.73 Å². The molecule has 2 N–H and O–H groups in total. The largest absolute Gasteiger partial charge is 0.399 e. The van der Waals surface area contributed by atoms with Gasteiger partial charge in [-0.25, -0.2) is 4.39 Å². The molecule has 0 atom stereocenters. The summed E-state index contributed by atoms with van der Waals surface area (Å²) in [5, 5.41) is 0. The van der Waals surface area contributed by atoms with Crippen molar-refractivity contribution in [2.45, 2.75) is 26.9 Å². The first-order valence-electron chi connectivity index (χ1n) is 6.90. The molecule has 3 heteroatoms. The second-order valence-electron chi connectivity index (χ2n) is 5.12. The van der Waals surface area contributed by atoms with Crippen LogP contribution < -0.4 is 5.73 Å². The van der Waals surface area contributed by atoms with Gasteiger partial charge in [-0.1, -0.05) is 25.1 Å². The predicted octanol–water partition coefficient (Wildman–Crippen LogP) is 3.74. The lowest BCUT2D eigenvalue weighted by Crippen LogP contribution is -2.22. The molecule has 0 spiro atoms. The van der Waals surface area contributed by atoms with Crippen molar-refractivity contribution in [1.82, 2.24) is 4.90 Å². The van der Waals surface area contributed by atoms with Crippen molar-refractivity contribution >= 4 is 5.69 Å². The van der Waals surface area contributed by atoms with Crippen LogP contribution in [0.3, 0.4) is 0 Å². The zero-order valence-electron chi connectivity index (χ0n) is 12.1. The number of aryl methyl sites for hydroxylation is 1. The van der Waals surface area contributed by atoms with Gasteiger partial charge in [-0.3, -0.25) is 4.90 Å². The first-order valence-corrected chi connectivity index (χ1v) is 6.90. The van der Waals surface area contributed by atoms with Crippen LogP contribution in [0, 0.1) is 12.7 Å². The number of anilines is 1. The van der Waals surface area contributed by atoms with Crippen LogP contribution in [0.5, 0.6) is 0 Å². The molecule has 2 aromatic carbocycles. The SMILES string of the molecule is CCN(Cc1cccc(N)c1)Cc1cc(F)ccc1C. The van der Waals surface area contributed by atoms with Gasteiger partial charge in [0.1, 0.15) is 5.82 Å². The Kier molecular flexibility index (Phi) is 4.74. The molecule has 0 fully saturated rings. The second-order valence-corrected chi connectivity index (χ2v) is 5.12. The molecule has 0 saturated carbocycles. The minimum absolute atomic E-state index is 0.175. The number of hydrogen-bond donors (Lipinski definition) is 1. The summed E-state index contributed by atoms with van der Waals surface area (Å²) in [7, 11) is 0. The summed E-state index contributed by atoms with van der Waals surface area (Å²) >= 11 is 0. The minimum atomic E-state index is -0.175. The van der Waals surface area contributed by atoms with Crippen molar-refractivity contribution in [2.24, 2.45) is 0 Å². The third-order valence-electron chi connectivity index (χ3n) is 3.51. The van der Waals surface area contributed by atoms with Crippen LogP contribution >= 0.6 is 0 Å². The van der Waals surface area contributed by atoms with Gasteiger partial charge in [0.25, 0.3) is 0 Å². The van der Waals surface area contributed by atoms with Gasteiger partial charge in [-0.2, -0.15) is 0 Å². The molecule has 2 nitrogen and oxygen atoms in total. The Balaban J connectivity index is 2.11. The Bertz CT molecular complexity index is 581. The van der Waals surface area contributed by atoms with Gasteiger partial charge in [0.15, 0.2) is 0 Å². The molecule has 0 bridgehead atoms. The molecule has 2 aromatic rings. The van der Waals surface area contributed by atoms with Gasteiger partial charge in [-0.05, 0) is 54.4 Å². The monoisotopic (exact) mass is 272 g/mol. The average Bonchev–Trinajstić information content (AvgIpc) is 2.42. The molecule has 0 heterocycles. The van der Waals surface area contributed by atoms with E-state index in [9.17, 15) is 4.39 Å². The van der Waals surface area contributed by atoms with Crippen molar-refractivity contribution < 1.29 is 4.39 Å². The maximum Gasteiger partial charge on any atom is 0.123 e. The van der Waals surface area contributed by atoms with Crippen molar-refractivity contribution in [3.05, 3.63) is 65.0 Å². The fourth-order valence-electron chi connectivity index (χ4n) is 2.28. The van der Waals surface area contributed by atoms with Gasteiger partial charge in [0.2, 0.25) is 0 Å². The van der Waals surface area contributed by atoms with E-state index in [1.54, 1.807) is 6.07 Å². The van der Waals surface area contributed by atoms with Crippen LogP contribution in [0.2, 0.25) is 0 Å². The molecule has 2 rings (SSSR count). The highest BCUT2D eigenvalue weighted by atomic mass is 19.1. The van der Waals surface area contributed by atoms with E-state index in [2.05, 4.69) is 17.9 Å². The molecule has 0 radical (unpaired) electrons. The lowest BCUT2D eigenvalue weighted by atomic mass is 10.1. The smallest absolute Gasteiger partial charge is 0.123 e. The van der Waals surface area contributed by atoms with Crippen molar-refractivity contribution in [3.63, 3.8) is 0 Å². The van der Waals surface area contributed by atoms with Crippen molar-refractivity contribution in [3.8, 4) is 0 Å². The highest BCUT2D eigenvalue weighted by Gasteiger charge is 2.08. The summed E-state index contributed by atoms with van der Waals surface area (Å²) in [5.41, 5.74) is 9.92. The topological polar surface area (TPSA) is 29.3 Å². The Morgan fingerprint density at radius 3 is 2.60 bits per heavy atom. The van der Waals surface area contributed by atoms with E-state index in [0.29, 0.717) is 0 Å². The quantitative estimate of drug-likeness (QED) is 0.840. The van der Waals surface area contributed by atoms with E-state index < -0.39 is 0 Å². The molecular weight excluding hydrogens is 251 g/mol. The number of nitrogen functional groups attached to an aromatic ring is 1. The Hall–Kier alpha value is -1.87. The van der Waals surface area contributed by atoms with Gasteiger partial charge < -0.3 is 5.73 Å². The van der Waals surface area contributed by atoms with Crippen LogP contribution in [0.25, 0.3) is 0 Å². The molecule has 0 aliphatic carbocycles. The van der Waals surface area contributed by atoms with E-state index >= 15 is 0 Å². The van der Waals surface area contributed by atoms with E-state index in [0.717, 1.165) is 36.4 Å². The van der Waals surface area contributed by atoms with Crippen LogP contribution in [0.4, 0.5) is 10.1 Å². The van der Waals surface area contributed by atoms with Crippen LogP contribution in [-0.4, -0.2) is 11.4 Å². The molecule has 0 aromatic heterocycles. The zero-order chi connectivity index (χ0) is 14.5. The highest BCUT2D eigenvalue weighted by molar-refractivity contribution is 5.40. The molecule has 0 saturated heterocycles. The van der Waals surface area contributed by atoms with Crippen LogP contribution in [0.1, 0.15) is 23.6 Å². The van der Waals surface area contributed by atoms with E-state index in [1.807, 2.05) is 31.2 Å². The van der Waals surface area contributed by atoms with Gasteiger partial charge in [0, 0.05) is 18.8 Å². The van der Waals surface area contributed by atoms with Gasteiger partial charge in [-0.15, -0.1) is 0 Å². The Morgan fingerprint density at radius 1 is 1.10 bits per heavy atom. The molecule has 0 amide bonds. The first-order chi connectivity index (χ1) is 9.58. The Labute approximate surface area is 120 Å². The standard InChI is InChI=1S/C17H21FN2/c1-3-20(11-14-5-4-6-17(19)9-14)12-15-10-16(18)8-7-13(15)2/h4-10H,3,11-12,19H2,1-2H3. The predicted molar refractivity (Wildman–Crippen MR) is 81.8 cm³/mol. The normalized spacial score (nSPS) is 11.0. The number of nitrogens with two attached hydrogens (primary N) is 1. The Morgan fingerprint density at radius 2 is 1.90 bits per heavy atom. The number of benzene rings is 2. The van der Waals surface area contributed by atoms with Crippen LogP contribution in [-0.2, 0) is 13.1 Å². The van der Waals surface area contributed by atoms with Gasteiger partial charge >= 0.3 is 0 Å². The lowest BCUT2D eigenvalue weighted by Gasteiger charge is -2.22. The summed E-state index contributed by atoms with van der Waals surface area (Å²) in [6.07, 6.45) is 0. The third kappa shape index (κ3) is 3.81. The number of hydrogen-bond acceptors (Lipinski definition) is 2. The van der Waals surface area contributed by atoms with Crippen molar-refractivity contribution in [2.75, 3.05) is 12.3 Å². The molecular formula is C17H21FN2. The lowest BCUT2D eigenvalue weighted by molar-refractivity contribution is 0.270. The molecule has 20 heavy (non-hydrogen) atoms. The molecule has 0 unspecified atom stereocenters. The maximum absolute atomic E-state index is 13.3. The maximum atomic E-state index is 13.3. The highest BCUT2D eigenvalue weighted by Crippen LogP contribution is 2.16.